The highest BCUT2D eigenvalue weighted by Crippen LogP contribution is 2.31. The van der Waals surface area contributed by atoms with Gasteiger partial charge in [0.2, 0.25) is 5.91 Å². The number of hydrogen-bond acceptors (Lipinski definition) is 3. The Morgan fingerprint density at radius 2 is 2.07 bits per heavy atom. The van der Waals surface area contributed by atoms with E-state index in [2.05, 4.69) is 15.5 Å². The van der Waals surface area contributed by atoms with E-state index in [4.69, 9.17) is 0 Å². The second kappa shape index (κ2) is 9.94. The number of benzene rings is 1. The molecule has 8 heteroatoms. The van der Waals surface area contributed by atoms with Crippen molar-refractivity contribution in [2.24, 2.45) is 5.92 Å². The standard InChI is InChI=1S/C20H28F3N3O.ClH/c1-14-10-17(20(21,22)23)7-6-16(14)13-26-9-3-4-15(12-26)11-25-19(27)18-5-2-8-24-18;/h6-7,10,15,18,24H,2-5,8-9,11-13H2,1H3,(H,25,27);1H. The van der Waals surface area contributed by atoms with Crippen LogP contribution >= 0.6 is 12.4 Å². The molecule has 0 radical (unpaired) electrons. The first-order valence-corrected chi connectivity index (χ1v) is 9.73. The number of hydrogen-bond donors (Lipinski definition) is 2. The van der Waals surface area contributed by atoms with Gasteiger partial charge in [0.25, 0.3) is 0 Å². The zero-order valence-corrected chi connectivity index (χ0v) is 17.0. The maximum absolute atomic E-state index is 12.8. The van der Waals surface area contributed by atoms with E-state index >= 15 is 0 Å². The minimum atomic E-state index is -4.30. The molecule has 28 heavy (non-hydrogen) atoms. The smallest absolute Gasteiger partial charge is 0.354 e. The molecule has 2 fully saturated rings. The second-order valence-electron chi connectivity index (χ2n) is 7.78. The Balaban J connectivity index is 0.00000280. The minimum absolute atomic E-state index is 0. The first kappa shape index (κ1) is 23.0. The highest BCUT2D eigenvalue weighted by atomic mass is 35.5. The second-order valence-corrected chi connectivity index (χ2v) is 7.78. The molecule has 0 bridgehead atoms. The molecule has 4 nitrogen and oxygen atoms in total. The Hall–Kier alpha value is -1.31. The van der Waals surface area contributed by atoms with Crippen molar-refractivity contribution in [3.05, 3.63) is 34.9 Å². The quantitative estimate of drug-likeness (QED) is 0.767. The Morgan fingerprint density at radius 3 is 2.71 bits per heavy atom. The van der Waals surface area contributed by atoms with Gasteiger partial charge in [-0.3, -0.25) is 9.69 Å². The Kier molecular flexibility index (Phi) is 8.16. The van der Waals surface area contributed by atoms with E-state index in [0.717, 1.165) is 50.9 Å². The van der Waals surface area contributed by atoms with Gasteiger partial charge in [-0.25, -0.2) is 0 Å². The summed E-state index contributed by atoms with van der Waals surface area (Å²) < 4.78 is 38.5. The molecule has 1 aromatic rings. The van der Waals surface area contributed by atoms with E-state index in [9.17, 15) is 18.0 Å². The molecule has 3 rings (SSSR count). The summed E-state index contributed by atoms with van der Waals surface area (Å²) in [5.74, 6) is 0.474. The van der Waals surface area contributed by atoms with Crippen LogP contribution in [0.25, 0.3) is 0 Å². The summed E-state index contributed by atoms with van der Waals surface area (Å²) in [6, 6.07) is 3.93. The number of aryl methyl sites for hydroxylation is 1. The molecule has 2 unspecified atom stereocenters. The summed E-state index contributed by atoms with van der Waals surface area (Å²) in [4.78, 5) is 14.4. The Morgan fingerprint density at radius 1 is 1.29 bits per heavy atom. The maximum Gasteiger partial charge on any atom is 0.416 e. The van der Waals surface area contributed by atoms with Gasteiger partial charge in [-0.15, -0.1) is 12.4 Å². The van der Waals surface area contributed by atoms with Gasteiger partial charge in [0.1, 0.15) is 0 Å². The van der Waals surface area contributed by atoms with Crippen LogP contribution in [0, 0.1) is 12.8 Å². The number of carbonyl (C=O) groups excluding carboxylic acids is 1. The summed E-state index contributed by atoms with van der Waals surface area (Å²) in [6.07, 6.45) is -0.244. The Labute approximate surface area is 170 Å². The van der Waals surface area contributed by atoms with Gasteiger partial charge in [0, 0.05) is 19.6 Å². The lowest BCUT2D eigenvalue weighted by molar-refractivity contribution is -0.137. The average molecular weight is 420 g/mol. The summed E-state index contributed by atoms with van der Waals surface area (Å²) in [7, 11) is 0. The molecule has 158 valence electrons. The van der Waals surface area contributed by atoms with E-state index in [1.807, 2.05) is 0 Å². The monoisotopic (exact) mass is 419 g/mol. The SMILES string of the molecule is Cc1cc(C(F)(F)F)ccc1CN1CCCC(CNC(=O)C2CCCN2)C1.Cl. The number of nitrogens with zero attached hydrogens (tertiary/aromatic N) is 1. The highest BCUT2D eigenvalue weighted by Gasteiger charge is 2.31. The van der Waals surface area contributed by atoms with Gasteiger partial charge in [0.05, 0.1) is 11.6 Å². The number of nitrogens with one attached hydrogen (secondary N) is 2. The predicted molar refractivity (Wildman–Crippen MR) is 105 cm³/mol. The third-order valence-electron chi connectivity index (χ3n) is 5.61. The van der Waals surface area contributed by atoms with Crippen LogP contribution in [0.3, 0.4) is 0 Å². The fourth-order valence-corrected chi connectivity index (χ4v) is 4.03. The van der Waals surface area contributed by atoms with E-state index < -0.39 is 11.7 Å². The van der Waals surface area contributed by atoms with E-state index in [-0.39, 0.29) is 24.4 Å². The number of likely N-dealkylation sites (tertiary alicyclic amines) is 1. The topological polar surface area (TPSA) is 44.4 Å². The number of carbonyl (C=O) groups is 1. The molecule has 0 saturated carbocycles. The molecular weight excluding hydrogens is 391 g/mol. The van der Waals surface area contributed by atoms with Crippen molar-refractivity contribution in [3.8, 4) is 0 Å². The minimum Gasteiger partial charge on any atom is -0.354 e. The zero-order valence-electron chi connectivity index (χ0n) is 16.1. The van der Waals surface area contributed by atoms with Crippen molar-refractivity contribution in [2.45, 2.75) is 51.4 Å². The lowest BCUT2D eigenvalue weighted by Crippen LogP contribution is -2.45. The molecule has 1 amide bonds. The molecule has 1 aromatic carbocycles. The fraction of sp³-hybridized carbons (Fsp3) is 0.650. The van der Waals surface area contributed by atoms with Gasteiger partial charge >= 0.3 is 6.18 Å². The molecule has 2 heterocycles. The van der Waals surface area contributed by atoms with Crippen LogP contribution in [0.5, 0.6) is 0 Å². The average Bonchev–Trinajstić information content (AvgIpc) is 3.16. The van der Waals surface area contributed by atoms with Crippen molar-refractivity contribution < 1.29 is 18.0 Å². The van der Waals surface area contributed by atoms with Crippen LogP contribution in [-0.2, 0) is 17.5 Å². The van der Waals surface area contributed by atoms with Crippen LogP contribution in [0.2, 0.25) is 0 Å². The number of rotatable bonds is 5. The predicted octanol–water partition coefficient (Wildman–Crippen LogP) is 3.52. The molecule has 0 spiro atoms. The van der Waals surface area contributed by atoms with E-state index in [1.54, 1.807) is 13.0 Å². The van der Waals surface area contributed by atoms with Crippen LogP contribution in [0.4, 0.5) is 13.2 Å². The van der Waals surface area contributed by atoms with Crippen LogP contribution in [0.1, 0.15) is 42.4 Å². The van der Waals surface area contributed by atoms with Gasteiger partial charge in [-0.2, -0.15) is 13.2 Å². The molecule has 2 aliphatic heterocycles. The van der Waals surface area contributed by atoms with Gasteiger partial charge < -0.3 is 10.6 Å². The lowest BCUT2D eigenvalue weighted by Gasteiger charge is -2.33. The third kappa shape index (κ3) is 6.09. The highest BCUT2D eigenvalue weighted by molar-refractivity contribution is 5.85. The molecule has 2 saturated heterocycles. The largest absolute Gasteiger partial charge is 0.416 e. The van der Waals surface area contributed by atoms with Crippen LogP contribution in [-0.4, -0.2) is 43.0 Å². The van der Waals surface area contributed by atoms with E-state index in [0.29, 0.717) is 24.6 Å². The first-order valence-electron chi connectivity index (χ1n) is 9.73. The van der Waals surface area contributed by atoms with Crippen molar-refractivity contribution in [1.82, 2.24) is 15.5 Å². The normalized spacial score (nSPS) is 23.3. The zero-order chi connectivity index (χ0) is 19.4. The molecule has 2 atom stereocenters. The number of alkyl halides is 3. The molecule has 0 aromatic heterocycles. The number of piperidine rings is 1. The fourth-order valence-electron chi connectivity index (χ4n) is 4.03. The van der Waals surface area contributed by atoms with Crippen molar-refractivity contribution in [3.63, 3.8) is 0 Å². The summed E-state index contributed by atoms with van der Waals surface area (Å²) in [5, 5.41) is 6.27. The van der Waals surface area contributed by atoms with Crippen molar-refractivity contribution in [1.29, 1.82) is 0 Å². The molecular formula is C20H29ClF3N3O. The molecule has 2 N–H and O–H groups in total. The summed E-state index contributed by atoms with van der Waals surface area (Å²) in [5.41, 5.74) is 1.01. The molecule has 2 aliphatic rings. The maximum atomic E-state index is 12.8. The van der Waals surface area contributed by atoms with Crippen molar-refractivity contribution >= 4 is 18.3 Å². The number of halogens is 4. The third-order valence-corrected chi connectivity index (χ3v) is 5.61. The van der Waals surface area contributed by atoms with Crippen LogP contribution < -0.4 is 10.6 Å². The van der Waals surface area contributed by atoms with Crippen molar-refractivity contribution in [2.75, 3.05) is 26.2 Å². The lowest BCUT2D eigenvalue weighted by atomic mass is 9.96. The van der Waals surface area contributed by atoms with Gasteiger partial charge in [0.15, 0.2) is 0 Å². The number of amides is 1. The van der Waals surface area contributed by atoms with Gasteiger partial charge in [-0.1, -0.05) is 6.07 Å². The van der Waals surface area contributed by atoms with Gasteiger partial charge in [-0.05, 0) is 74.9 Å². The first-order chi connectivity index (χ1) is 12.8. The van der Waals surface area contributed by atoms with Crippen LogP contribution in [0.15, 0.2) is 18.2 Å². The molecule has 0 aliphatic carbocycles. The van der Waals surface area contributed by atoms with E-state index in [1.165, 1.54) is 12.1 Å². The summed E-state index contributed by atoms with van der Waals surface area (Å²) in [6.45, 7) is 5.76. The Bertz CT molecular complexity index is 663. The summed E-state index contributed by atoms with van der Waals surface area (Å²) >= 11 is 0.